The highest BCUT2D eigenvalue weighted by molar-refractivity contribution is 7.97. The van der Waals surface area contributed by atoms with E-state index in [0.29, 0.717) is 13.1 Å². The molecule has 1 unspecified atom stereocenters. The van der Waals surface area contributed by atoms with Crippen molar-refractivity contribution in [2.24, 2.45) is 5.73 Å². The van der Waals surface area contributed by atoms with E-state index in [2.05, 4.69) is 15.0 Å². The number of anilines is 2. The van der Waals surface area contributed by atoms with Crippen LogP contribution in [0.1, 0.15) is 12.5 Å². The van der Waals surface area contributed by atoms with Gasteiger partial charge in [-0.3, -0.25) is 9.71 Å². The number of aliphatic hydroxyl groups excluding tert-OH is 1. The largest absolute Gasteiger partial charge is 0.497 e. The fourth-order valence-electron chi connectivity index (χ4n) is 3.13. The van der Waals surface area contributed by atoms with E-state index in [-0.39, 0.29) is 6.10 Å². The molecule has 8 heteroatoms. The zero-order chi connectivity index (χ0) is 25.0. The predicted molar refractivity (Wildman–Crippen MR) is 144 cm³/mol. The number of aromatic nitrogens is 1. The smallest absolute Gasteiger partial charge is 0.121 e. The molecule has 4 aromatic rings. The quantitative estimate of drug-likeness (QED) is 0.239. The van der Waals surface area contributed by atoms with Crippen molar-refractivity contribution in [1.82, 2.24) is 9.71 Å². The zero-order valence-electron chi connectivity index (χ0n) is 20.2. The van der Waals surface area contributed by atoms with Crippen LogP contribution in [-0.4, -0.2) is 37.0 Å². The van der Waals surface area contributed by atoms with Crippen molar-refractivity contribution in [3.63, 3.8) is 0 Å². The van der Waals surface area contributed by atoms with E-state index in [9.17, 15) is 5.11 Å². The second-order valence-electron chi connectivity index (χ2n) is 7.74. The van der Waals surface area contributed by atoms with Crippen molar-refractivity contribution >= 4 is 34.2 Å². The summed E-state index contributed by atoms with van der Waals surface area (Å²) in [5, 5.41) is 13.7. The number of methoxy groups -OCH3 is 2. The minimum atomic E-state index is -0.355. The molecule has 0 aliphatic rings. The lowest BCUT2D eigenvalue weighted by Crippen LogP contribution is -2.18. The SMILES string of the molecule is COc1ccc(CN)cc1.COc1ccc2c(Nc3ccc(SNCC(C)O)cc3)ccnc2c1. The maximum atomic E-state index is 9.26. The molecule has 0 aliphatic carbocycles. The lowest BCUT2D eigenvalue weighted by molar-refractivity contribution is 0.200. The van der Waals surface area contributed by atoms with Gasteiger partial charge in [-0.15, -0.1) is 0 Å². The van der Waals surface area contributed by atoms with Crippen LogP contribution in [0.4, 0.5) is 11.4 Å². The predicted octanol–water partition coefficient (Wildman–Crippen LogP) is 5.12. The van der Waals surface area contributed by atoms with Gasteiger partial charge in [0.1, 0.15) is 11.5 Å². The molecule has 0 radical (unpaired) electrons. The summed E-state index contributed by atoms with van der Waals surface area (Å²) in [5.41, 5.74) is 9.42. The Bertz CT molecular complexity index is 1160. The molecular formula is C27H32N4O3S. The summed E-state index contributed by atoms with van der Waals surface area (Å²) in [4.78, 5) is 5.50. The molecule has 0 amide bonds. The normalized spacial score (nSPS) is 11.3. The van der Waals surface area contributed by atoms with Crippen LogP contribution in [0.25, 0.3) is 10.9 Å². The summed E-state index contributed by atoms with van der Waals surface area (Å²) >= 11 is 1.51. The molecule has 0 spiro atoms. The molecule has 35 heavy (non-hydrogen) atoms. The number of nitrogens with zero attached hydrogens (tertiary/aromatic N) is 1. The Kier molecular flexibility index (Phi) is 10.2. The molecule has 5 N–H and O–H groups in total. The van der Waals surface area contributed by atoms with E-state index in [0.717, 1.165) is 44.2 Å². The maximum absolute atomic E-state index is 9.26. The van der Waals surface area contributed by atoms with Crippen molar-refractivity contribution < 1.29 is 14.6 Å². The van der Waals surface area contributed by atoms with Gasteiger partial charge >= 0.3 is 0 Å². The number of hydrogen-bond donors (Lipinski definition) is 4. The third kappa shape index (κ3) is 8.15. The molecule has 1 atom stereocenters. The average Bonchev–Trinajstić information content (AvgIpc) is 2.89. The number of nitrogens with two attached hydrogens (primary N) is 1. The summed E-state index contributed by atoms with van der Waals surface area (Å²) in [6.07, 6.45) is 1.43. The summed E-state index contributed by atoms with van der Waals surface area (Å²) in [7, 11) is 3.30. The van der Waals surface area contributed by atoms with Crippen LogP contribution in [0.15, 0.2) is 83.9 Å². The summed E-state index contributed by atoms with van der Waals surface area (Å²) in [5.74, 6) is 1.67. The van der Waals surface area contributed by atoms with Gasteiger partial charge in [-0.05, 0) is 79.0 Å². The third-order valence-electron chi connectivity index (χ3n) is 5.05. The molecule has 0 saturated heterocycles. The number of ether oxygens (including phenoxy) is 2. The first-order chi connectivity index (χ1) is 17.0. The van der Waals surface area contributed by atoms with Gasteiger partial charge in [0.25, 0.3) is 0 Å². The van der Waals surface area contributed by atoms with E-state index in [4.69, 9.17) is 15.2 Å². The Morgan fingerprint density at radius 3 is 2.26 bits per heavy atom. The molecular weight excluding hydrogens is 460 g/mol. The van der Waals surface area contributed by atoms with Crippen LogP contribution < -0.4 is 25.2 Å². The van der Waals surface area contributed by atoms with Gasteiger partial charge in [0, 0.05) is 47.0 Å². The first-order valence-corrected chi connectivity index (χ1v) is 12.0. The van der Waals surface area contributed by atoms with Crippen LogP contribution in [0.3, 0.4) is 0 Å². The van der Waals surface area contributed by atoms with E-state index in [1.165, 1.54) is 11.9 Å². The maximum Gasteiger partial charge on any atom is 0.121 e. The number of fused-ring (bicyclic) bond motifs is 1. The molecule has 184 valence electrons. The number of nitrogens with one attached hydrogen (secondary N) is 2. The minimum absolute atomic E-state index is 0.355. The van der Waals surface area contributed by atoms with Crippen molar-refractivity contribution in [2.75, 3.05) is 26.1 Å². The van der Waals surface area contributed by atoms with Gasteiger partial charge in [0.05, 0.1) is 25.8 Å². The average molecular weight is 493 g/mol. The monoisotopic (exact) mass is 492 g/mol. The van der Waals surface area contributed by atoms with Crippen LogP contribution in [0, 0.1) is 0 Å². The van der Waals surface area contributed by atoms with Gasteiger partial charge in [-0.1, -0.05) is 12.1 Å². The molecule has 4 rings (SSSR count). The van der Waals surface area contributed by atoms with E-state index < -0.39 is 0 Å². The molecule has 3 aromatic carbocycles. The summed E-state index contributed by atoms with van der Waals surface area (Å²) in [6.45, 7) is 2.90. The fourth-order valence-corrected chi connectivity index (χ4v) is 3.90. The number of benzene rings is 3. The topological polar surface area (TPSA) is 102 Å². The van der Waals surface area contributed by atoms with E-state index in [1.807, 2.05) is 72.8 Å². The lowest BCUT2D eigenvalue weighted by Gasteiger charge is -2.11. The van der Waals surface area contributed by atoms with Crippen molar-refractivity contribution in [3.8, 4) is 11.5 Å². The number of hydrogen-bond acceptors (Lipinski definition) is 8. The Morgan fingerprint density at radius 2 is 1.63 bits per heavy atom. The fraction of sp³-hybridized carbons (Fsp3) is 0.222. The van der Waals surface area contributed by atoms with Crippen molar-refractivity contribution in [1.29, 1.82) is 0 Å². The van der Waals surface area contributed by atoms with Gasteiger partial charge in [-0.2, -0.15) is 0 Å². The second-order valence-corrected chi connectivity index (χ2v) is 8.71. The Balaban J connectivity index is 0.000000287. The van der Waals surface area contributed by atoms with Crippen LogP contribution in [0.5, 0.6) is 11.5 Å². The molecule has 1 heterocycles. The molecule has 0 bridgehead atoms. The van der Waals surface area contributed by atoms with Crippen molar-refractivity contribution in [2.45, 2.75) is 24.5 Å². The molecule has 0 saturated carbocycles. The summed E-state index contributed by atoms with van der Waals surface area (Å²) in [6, 6.07) is 23.7. The molecule has 0 aliphatic heterocycles. The second kappa shape index (κ2) is 13.6. The van der Waals surface area contributed by atoms with Crippen LogP contribution in [0.2, 0.25) is 0 Å². The Labute approximate surface area is 210 Å². The first-order valence-electron chi connectivity index (χ1n) is 11.2. The highest BCUT2D eigenvalue weighted by atomic mass is 32.2. The van der Waals surface area contributed by atoms with Gasteiger partial charge < -0.3 is 25.6 Å². The third-order valence-corrected chi connectivity index (χ3v) is 5.87. The number of pyridine rings is 1. The summed E-state index contributed by atoms with van der Waals surface area (Å²) < 4.78 is 13.4. The lowest BCUT2D eigenvalue weighted by atomic mass is 10.1. The highest BCUT2D eigenvalue weighted by Crippen LogP contribution is 2.28. The number of rotatable bonds is 9. The van der Waals surface area contributed by atoms with Gasteiger partial charge in [0.2, 0.25) is 0 Å². The van der Waals surface area contributed by atoms with E-state index in [1.54, 1.807) is 27.3 Å². The first kappa shape index (κ1) is 26.3. The van der Waals surface area contributed by atoms with Crippen molar-refractivity contribution in [3.05, 3.63) is 84.6 Å². The van der Waals surface area contributed by atoms with Crippen LogP contribution >= 0.6 is 11.9 Å². The van der Waals surface area contributed by atoms with E-state index >= 15 is 0 Å². The zero-order valence-corrected chi connectivity index (χ0v) is 21.0. The van der Waals surface area contributed by atoms with Gasteiger partial charge in [-0.25, -0.2) is 0 Å². The van der Waals surface area contributed by atoms with Crippen LogP contribution in [-0.2, 0) is 6.54 Å². The molecule has 7 nitrogen and oxygen atoms in total. The number of aliphatic hydroxyl groups is 1. The Hall–Kier alpha value is -3.30. The Morgan fingerprint density at radius 1 is 0.943 bits per heavy atom. The highest BCUT2D eigenvalue weighted by Gasteiger charge is 2.05. The minimum Gasteiger partial charge on any atom is -0.497 e. The standard InChI is InChI=1S/C19H21N3O2S.C8H11NO/c1-13(23)12-21-25-16-6-3-14(4-7-16)22-18-9-10-20-19-11-15(24-2)5-8-17(18)19;1-10-8-4-2-7(6-9)3-5-8/h3-11,13,21,23H,12H2,1-2H3,(H,20,22);2-5H,6,9H2,1H3. The molecule has 0 fully saturated rings. The van der Waals surface area contributed by atoms with Gasteiger partial charge in [0.15, 0.2) is 0 Å². The molecule has 1 aromatic heterocycles.